The first kappa shape index (κ1) is 22.6. The molecule has 2 atom stereocenters. The van der Waals surface area contributed by atoms with Crippen molar-refractivity contribution in [3.05, 3.63) is 65.2 Å². The maximum Gasteiger partial charge on any atom is 0.416 e. The Kier molecular flexibility index (Phi) is 6.75. The van der Waals surface area contributed by atoms with Gasteiger partial charge in [-0.05, 0) is 50.6 Å². The zero-order valence-electron chi connectivity index (χ0n) is 15.7. The zero-order valence-corrected chi connectivity index (χ0v) is 16.5. The van der Waals surface area contributed by atoms with Crippen LogP contribution < -0.4 is 4.72 Å². The maximum atomic E-state index is 14.6. The van der Waals surface area contributed by atoms with E-state index >= 15 is 0 Å². The van der Waals surface area contributed by atoms with Crippen LogP contribution in [-0.4, -0.2) is 26.0 Å². The zero-order chi connectivity index (χ0) is 21.2. The normalized spacial score (nSPS) is 15.9. The molecule has 2 aromatic rings. The molecule has 0 aliphatic rings. The quantitative estimate of drug-likeness (QED) is 0.551. The molecule has 0 bridgehead atoms. The maximum absolute atomic E-state index is 14.6. The third kappa shape index (κ3) is 4.83. The minimum Gasteiger partial charge on any atom is -0.598 e. The van der Waals surface area contributed by atoms with E-state index in [1.807, 2.05) is 0 Å². The second kappa shape index (κ2) is 8.36. The SMILES string of the molecule is CC(C)(C)[S@@+]([O-])N[C@@](CCO)(c1ccc(C(F)(F)F)cc1)c1ncccc1F. The largest absolute Gasteiger partial charge is 0.598 e. The highest BCUT2D eigenvalue weighted by Crippen LogP contribution is 2.37. The van der Waals surface area contributed by atoms with Gasteiger partial charge >= 0.3 is 6.18 Å². The van der Waals surface area contributed by atoms with Crippen molar-refractivity contribution in [2.45, 2.75) is 43.7 Å². The summed E-state index contributed by atoms with van der Waals surface area (Å²) in [7, 11) is 0. The molecule has 0 aliphatic carbocycles. The highest BCUT2D eigenvalue weighted by atomic mass is 32.2. The number of pyridine rings is 1. The van der Waals surface area contributed by atoms with E-state index in [0.717, 1.165) is 18.2 Å². The molecule has 0 amide bonds. The van der Waals surface area contributed by atoms with Crippen molar-refractivity contribution in [1.29, 1.82) is 0 Å². The molecule has 1 heterocycles. The molecule has 28 heavy (non-hydrogen) atoms. The van der Waals surface area contributed by atoms with Gasteiger partial charge in [0, 0.05) is 30.6 Å². The van der Waals surface area contributed by atoms with Crippen LogP contribution in [0.2, 0.25) is 0 Å². The molecule has 154 valence electrons. The summed E-state index contributed by atoms with van der Waals surface area (Å²) in [4.78, 5) is 4.05. The number of alkyl halides is 3. The van der Waals surface area contributed by atoms with Gasteiger partial charge in [0.1, 0.15) is 21.8 Å². The predicted molar refractivity (Wildman–Crippen MR) is 99.2 cm³/mol. The van der Waals surface area contributed by atoms with Crippen molar-refractivity contribution < 1.29 is 27.2 Å². The summed E-state index contributed by atoms with van der Waals surface area (Å²) < 4.78 is 68.4. The molecule has 4 nitrogen and oxygen atoms in total. The molecule has 1 aromatic carbocycles. The van der Waals surface area contributed by atoms with Crippen LogP contribution in [0, 0.1) is 5.82 Å². The number of halogens is 4. The molecule has 0 spiro atoms. The van der Waals surface area contributed by atoms with E-state index in [1.165, 1.54) is 24.4 Å². The van der Waals surface area contributed by atoms with E-state index in [2.05, 4.69) is 9.71 Å². The molecule has 2 rings (SSSR count). The van der Waals surface area contributed by atoms with Crippen LogP contribution in [0.5, 0.6) is 0 Å². The van der Waals surface area contributed by atoms with E-state index in [-0.39, 0.29) is 17.7 Å². The minimum absolute atomic E-state index is 0.145. The summed E-state index contributed by atoms with van der Waals surface area (Å²) in [6.07, 6.45) is -3.35. The van der Waals surface area contributed by atoms with Crippen LogP contribution in [0.4, 0.5) is 17.6 Å². The lowest BCUT2D eigenvalue weighted by atomic mass is 9.83. The second-order valence-electron chi connectivity index (χ2n) is 7.27. The fraction of sp³-hybridized carbons (Fsp3) is 0.421. The Hall–Kier alpha value is -1.68. The molecular weight excluding hydrogens is 396 g/mol. The average molecular weight is 418 g/mol. The third-order valence-corrected chi connectivity index (χ3v) is 5.82. The molecule has 1 aromatic heterocycles. The van der Waals surface area contributed by atoms with Crippen molar-refractivity contribution in [3.63, 3.8) is 0 Å². The van der Waals surface area contributed by atoms with Crippen molar-refractivity contribution >= 4 is 11.4 Å². The summed E-state index contributed by atoms with van der Waals surface area (Å²) in [5.74, 6) is -0.728. The molecule has 2 N–H and O–H groups in total. The van der Waals surface area contributed by atoms with Gasteiger partial charge in [-0.25, -0.2) is 4.39 Å². The molecule has 0 fully saturated rings. The monoisotopic (exact) mass is 418 g/mol. The van der Waals surface area contributed by atoms with Crippen LogP contribution >= 0.6 is 0 Å². The Labute approximate surface area is 164 Å². The van der Waals surface area contributed by atoms with Gasteiger partial charge in [0.2, 0.25) is 0 Å². The summed E-state index contributed by atoms with van der Waals surface area (Å²) >= 11 is -1.73. The number of rotatable bonds is 6. The van der Waals surface area contributed by atoms with Gasteiger partial charge in [0.25, 0.3) is 0 Å². The van der Waals surface area contributed by atoms with Crippen molar-refractivity contribution in [2.75, 3.05) is 6.61 Å². The molecule has 0 saturated carbocycles. The number of benzene rings is 1. The van der Waals surface area contributed by atoms with Crippen molar-refractivity contribution in [3.8, 4) is 0 Å². The van der Waals surface area contributed by atoms with Gasteiger partial charge < -0.3 is 9.66 Å². The van der Waals surface area contributed by atoms with E-state index in [9.17, 15) is 27.2 Å². The molecular formula is C19H22F4N2O2S. The number of aliphatic hydroxyl groups is 1. The molecule has 0 aliphatic heterocycles. The van der Waals surface area contributed by atoms with Gasteiger partial charge in [-0.2, -0.15) is 13.2 Å². The predicted octanol–water partition coefficient (Wildman–Crippen LogP) is 3.92. The average Bonchev–Trinajstić information content (AvgIpc) is 2.60. The first-order valence-electron chi connectivity index (χ1n) is 8.51. The lowest BCUT2D eigenvalue weighted by molar-refractivity contribution is -0.137. The Morgan fingerprint density at radius 1 is 1.07 bits per heavy atom. The van der Waals surface area contributed by atoms with Crippen molar-refractivity contribution in [2.24, 2.45) is 0 Å². The highest BCUT2D eigenvalue weighted by molar-refractivity contribution is 7.90. The van der Waals surface area contributed by atoms with Gasteiger partial charge in [0.15, 0.2) is 0 Å². The van der Waals surface area contributed by atoms with Crippen LogP contribution in [-0.2, 0) is 23.1 Å². The lowest BCUT2D eigenvalue weighted by Crippen LogP contribution is -2.53. The fourth-order valence-electron chi connectivity index (χ4n) is 2.68. The Bertz CT molecular complexity index is 794. The number of aliphatic hydroxyl groups excluding tert-OH is 1. The Morgan fingerprint density at radius 2 is 1.64 bits per heavy atom. The number of hydrogen-bond acceptors (Lipinski definition) is 4. The van der Waals surface area contributed by atoms with E-state index < -0.39 is 45.8 Å². The standard InChI is InChI=1S/C19H22F4N2O2S/c1-17(2,3)28(27)25-18(10-12-26,16-15(20)5-4-11-24-16)13-6-8-14(9-7-13)19(21,22)23/h4-9,11,25-26H,10,12H2,1-3H3/t18-,28+/m0/s1. The molecule has 0 saturated heterocycles. The summed E-state index contributed by atoms with van der Waals surface area (Å²) in [6.45, 7) is 4.65. The van der Waals surface area contributed by atoms with Crippen molar-refractivity contribution in [1.82, 2.24) is 9.71 Å². The van der Waals surface area contributed by atoms with Crippen LogP contribution in [0.25, 0.3) is 0 Å². The van der Waals surface area contributed by atoms with Crippen LogP contribution in [0.3, 0.4) is 0 Å². The Morgan fingerprint density at radius 3 is 2.11 bits per heavy atom. The summed E-state index contributed by atoms with van der Waals surface area (Å²) in [5, 5.41) is 9.65. The second-order valence-corrected chi connectivity index (χ2v) is 9.24. The smallest absolute Gasteiger partial charge is 0.416 e. The summed E-state index contributed by atoms with van der Waals surface area (Å²) in [5.41, 5.74) is -2.39. The third-order valence-electron chi connectivity index (χ3n) is 4.18. The molecule has 0 unspecified atom stereocenters. The number of hydrogen-bond donors (Lipinski definition) is 2. The fourth-order valence-corrected chi connectivity index (χ4v) is 3.62. The van der Waals surface area contributed by atoms with Gasteiger partial charge in [-0.3, -0.25) is 4.98 Å². The van der Waals surface area contributed by atoms with E-state index in [1.54, 1.807) is 20.8 Å². The topological polar surface area (TPSA) is 68.2 Å². The van der Waals surface area contributed by atoms with Gasteiger partial charge in [0.05, 0.1) is 5.56 Å². The summed E-state index contributed by atoms with van der Waals surface area (Å²) in [6, 6.07) is 6.61. The van der Waals surface area contributed by atoms with Gasteiger partial charge in [-0.15, -0.1) is 4.72 Å². The number of nitrogens with zero attached hydrogens (tertiary/aromatic N) is 1. The Balaban J connectivity index is 2.67. The molecule has 0 radical (unpaired) electrons. The minimum atomic E-state index is -4.53. The van der Waals surface area contributed by atoms with Gasteiger partial charge in [-0.1, -0.05) is 12.1 Å². The van der Waals surface area contributed by atoms with Crippen LogP contribution in [0.15, 0.2) is 42.6 Å². The first-order chi connectivity index (χ1) is 12.9. The molecule has 9 heteroatoms. The first-order valence-corrected chi connectivity index (χ1v) is 9.66. The van der Waals surface area contributed by atoms with E-state index in [4.69, 9.17) is 0 Å². The number of nitrogens with one attached hydrogen (secondary N) is 1. The highest BCUT2D eigenvalue weighted by Gasteiger charge is 2.45. The van der Waals surface area contributed by atoms with Crippen LogP contribution in [0.1, 0.15) is 44.0 Å². The lowest BCUT2D eigenvalue weighted by Gasteiger charge is -2.37. The number of aromatic nitrogens is 1. The van der Waals surface area contributed by atoms with E-state index in [0.29, 0.717) is 0 Å².